The average Bonchev–Trinajstić information content (AvgIpc) is 2.16. The summed E-state index contributed by atoms with van der Waals surface area (Å²) < 4.78 is 4.98. The van der Waals surface area contributed by atoms with Crippen LogP contribution in [0.1, 0.15) is 33.6 Å². The van der Waals surface area contributed by atoms with E-state index in [1.165, 1.54) is 0 Å². The van der Waals surface area contributed by atoms with Gasteiger partial charge >= 0.3 is 5.97 Å². The number of carbonyl (C=O) groups is 1. The lowest BCUT2D eigenvalue weighted by Gasteiger charge is -2.01. The Kier molecular flexibility index (Phi) is 6.98. The molecule has 13 heavy (non-hydrogen) atoms. The van der Waals surface area contributed by atoms with Crippen LogP contribution in [-0.4, -0.2) is 12.6 Å². The van der Waals surface area contributed by atoms with Gasteiger partial charge in [0, 0.05) is 5.57 Å². The third kappa shape index (κ3) is 6.14. The van der Waals surface area contributed by atoms with Crippen LogP contribution in [0.4, 0.5) is 0 Å². The maximum absolute atomic E-state index is 11.1. The van der Waals surface area contributed by atoms with Crippen molar-refractivity contribution in [3.63, 3.8) is 0 Å². The first-order valence-electron chi connectivity index (χ1n) is 4.67. The van der Waals surface area contributed by atoms with Crippen molar-refractivity contribution in [2.75, 3.05) is 6.61 Å². The van der Waals surface area contributed by atoms with Gasteiger partial charge < -0.3 is 4.74 Å². The molecule has 2 nitrogen and oxygen atoms in total. The second-order valence-corrected chi connectivity index (χ2v) is 2.78. The molecule has 0 saturated heterocycles. The Labute approximate surface area is 80.3 Å². The number of carbonyl (C=O) groups excluding carboxylic acids is 1. The number of hydrogen-bond acceptors (Lipinski definition) is 2. The summed E-state index contributed by atoms with van der Waals surface area (Å²) in [5, 5.41) is 0. The van der Waals surface area contributed by atoms with Crippen LogP contribution in [0, 0.1) is 0 Å². The van der Waals surface area contributed by atoms with Gasteiger partial charge in [0.2, 0.25) is 0 Å². The van der Waals surface area contributed by atoms with Gasteiger partial charge in [0.15, 0.2) is 0 Å². The van der Waals surface area contributed by atoms with Crippen molar-refractivity contribution in [3.8, 4) is 0 Å². The van der Waals surface area contributed by atoms with Gasteiger partial charge in [-0.2, -0.15) is 0 Å². The fraction of sp³-hybridized carbons (Fsp3) is 0.545. The minimum absolute atomic E-state index is 0.215. The standard InChI is InChI=1S/C11H18O2/c1-4-6-7-8-9-13-11(12)10(3)5-2/h5-7H,4,8-9H2,1-3H3. The summed E-state index contributed by atoms with van der Waals surface area (Å²) >= 11 is 0. The van der Waals surface area contributed by atoms with Gasteiger partial charge in [-0.25, -0.2) is 4.79 Å². The first-order valence-corrected chi connectivity index (χ1v) is 4.67. The van der Waals surface area contributed by atoms with Crippen molar-refractivity contribution < 1.29 is 9.53 Å². The lowest BCUT2D eigenvalue weighted by Crippen LogP contribution is -2.06. The molecule has 0 N–H and O–H groups in total. The molecule has 0 rings (SSSR count). The van der Waals surface area contributed by atoms with E-state index in [1.807, 2.05) is 13.0 Å². The van der Waals surface area contributed by atoms with Crippen LogP contribution in [0.25, 0.3) is 0 Å². The molecule has 2 heteroatoms. The Morgan fingerprint density at radius 1 is 1.38 bits per heavy atom. The topological polar surface area (TPSA) is 26.3 Å². The Hall–Kier alpha value is -1.05. The first-order chi connectivity index (χ1) is 6.22. The highest BCUT2D eigenvalue weighted by molar-refractivity contribution is 5.87. The second kappa shape index (κ2) is 7.59. The molecule has 0 amide bonds. The maximum Gasteiger partial charge on any atom is 0.333 e. The van der Waals surface area contributed by atoms with Crippen LogP contribution in [0.2, 0.25) is 0 Å². The fourth-order valence-corrected chi connectivity index (χ4v) is 0.736. The molecule has 0 aliphatic rings. The van der Waals surface area contributed by atoms with Gasteiger partial charge in [0.25, 0.3) is 0 Å². The zero-order chi connectivity index (χ0) is 10.1. The molecule has 0 aliphatic carbocycles. The van der Waals surface area contributed by atoms with E-state index in [1.54, 1.807) is 13.0 Å². The van der Waals surface area contributed by atoms with E-state index in [9.17, 15) is 4.79 Å². The summed E-state index contributed by atoms with van der Waals surface area (Å²) in [5.74, 6) is -0.215. The van der Waals surface area contributed by atoms with Crippen LogP contribution in [-0.2, 0) is 9.53 Å². The van der Waals surface area contributed by atoms with Crippen molar-refractivity contribution in [3.05, 3.63) is 23.8 Å². The lowest BCUT2D eigenvalue weighted by molar-refractivity contribution is -0.138. The van der Waals surface area contributed by atoms with Gasteiger partial charge in [-0.1, -0.05) is 25.2 Å². The number of esters is 1. The van der Waals surface area contributed by atoms with E-state index in [2.05, 4.69) is 13.0 Å². The van der Waals surface area contributed by atoms with E-state index >= 15 is 0 Å². The molecule has 0 heterocycles. The van der Waals surface area contributed by atoms with E-state index in [0.717, 1.165) is 12.8 Å². The molecule has 0 aliphatic heterocycles. The summed E-state index contributed by atoms with van der Waals surface area (Å²) in [6, 6.07) is 0. The van der Waals surface area contributed by atoms with Crippen molar-refractivity contribution in [2.45, 2.75) is 33.6 Å². The number of rotatable bonds is 5. The van der Waals surface area contributed by atoms with Gasteiger partial charge in [-0.15, -0.1) is 0 Å². The molecule has 0 aromatic heterocycles. The largest absolute Gasteiger partial charge is 0.462 e. The van der Waals surface area contributed by atoms with Crippen LogP contribution in [0.3, 0.4) is 0 Å². The number of allylic oxidation sites excluding steroid dienone is 2. The molecule has 74 valence electrons. The SMILES string of the molecule is CC=C(C)C(=O)OCCC=CCC. The molecule has 0 spiro atoms. The molecule has 0 saturated carbocycles. The summed E-state index contributed by atoms with van der Waals surface area (Å²) in [4.78, 5) is 11.1. The molecule has 0 radical (unpaired) electrons. The summed E-state index contributed by atoms with van der Waals surface area (Å²) in [6.07, 6.45) is 7.68. The molecular weight excluding hydrogens is 164 g/mol. The highest BCUT2D eigenvalue weighted by atomic mass is 16.5. The minimum Gasteiger partial charge on any atom is -0.462 e. The minimum atomic E-state index is -0.215. The average molecular weight is 182 g/mol. The Morgan fingerprint density at radius 3 is 2.62 bits per heavy atom. The maximum atomic E-state index is 11.1. The molecule has 0 bridgehead atoms. The predicted octanol–water partition coefficient (Wildman–Crippen LogP) is 2.85. The molecular formula is C11H18O2. The fourth-order valence-electron chi connectivity index (χ4n) is 0.736. The highest BCUT2D eigenvalue weighted by Crippen LogP contribution is 1.97. The Morgan fingerprint density at radius 2 is 2.08 bits per heavy atom. The zero-order valence-electron chi connectivity index (χ0n) is 8.67. The Balaban J connectivity index is 3.54. The normalized spacial score (nSPS) is 12.1. The highest BCUT2D eigenvalue weighted by Gasteiger charge is 2.01. The summed E-state index contributed by atoms with van der Waals surface area (Å²) in [7, 11) is 0. The smallest absolute Gasteiger partial charge is 0.333 e. The number of hydrogen-bond donors (Lipinski definition) is 0. The molecule has 0 aromatic rings. The van der Waals surface area contributed by atoms with Crippen LogP contribution in [0.5, 0.6) is 0 Å². The van der Waals surface area contributed by atoms with Crippen molar-refractivity contribution in [1.29, 1.82) is 0 Å². The molecule has 0 atom stereocenters. The molecule has 0 fully saturated rings. The predicted molar refractivity (Wildman–Crippen MR) is 54.4 cm³/mol. The summed E-state index contributed by atoms with van der Waals surface area (Å²) in [5.41, 5.74) is 0.666. The van der Waals surface area contributed by atoms with E-state index in [4.69, 9.17) is 4.74 Å². The zero-order valence-corrected chi connectivity index (χ0v) is 8.67. The van der Waals surface area contributed by atoms with Gasteiger partial charge in [-0.3, -0.25) is 0 Å². The summed E-state index contributed by atoms with van der Waals surface area (Å²) in [6.45, 7) is 6.13. The number of ether oxygens (including phenoxy) is 1. The second-order valence-electron chi connectivity index (χ2n) is 2.78. The monoisotopic (exact) mass is 182 g/mol. The first kappa shape index (κ1) is 11.9. The van der Waals surface area contributed by atoms with Crippen LogP contribution >= 0.6 is 0 Å². The van der Waals surface area contributed by atoms with Gasteiger partial charge in [-0.05, 0) is 26.7 Å². The third-order valence-electron chi connectivity index (χ3n) is 1.68. The molecule has 0 aromatic carbocycles. The van der Waals surface area contributed by atoms with Gasteiger partial charge in [0.1, 0.15) is 0 Å². The lowest BCUT2D eigenvalue weighted by atomic mass is 10.3. The van der Waals surface area contributed by atoms with E-state index in [0.29, 0.717) is 12.2 Å². The third-order valence-corrected chi connectivity index (χ3v) is 1.68. The van der Waals surface area contributed by atoms with E-state index < -0.39 is 0 Å². The van der Waals surface area contributed by atoms with Crippen LogP contribution < -0.4 is 0 Å². The van der Waals surface area contributed by atoms with Crippen molar-refractivity contribution in [2.24, 2.45) is 0 Å². The van der Waals surface area contributed by atoms with E-state index in [-0.39, 0.29) is 5.97 Å². The van der Waals surface area contributed by atoms with Crippen molar-refractivity contribution in [1.82, 2.24) is 0 Å². The Bertz CT molecular complexity index is 202. The van der Waals surface area contributed by atoms with Gasteiger partial charge in [0.05, 0.1) is 6.61 Å². The quantitative estimate of drug-likeness (QED) is 0.283. The molecule has 0 unspecified atom stereocenters. The van der Waals surface area contributed by atoms with Crippen molar-refractivity contribution >= 4 is 5.97 Å². The van der Waals surface area contributed by atoms with Crippen LogP contribution in [0.15, 0.2) is 23.8 Å².